The maximum absolute atomic E-state index is 12.5. The summed E-state index contributed by atoms with van der Waals surface area (Å²) in [6.45, 7) is 3.67. The zero-order chi connectivity index (χ0) is 16.9. The molecule has 0 unspecified atom stereocenters. The topological polar surface area (TPSA) is 58.1 Å². The Morgan fingerprint density at radius 2 is 1.83 bits per heavy atom. The molecule has 6 heteroatoms. The summed E-state index contributed by atoms with van der Waals surface area (Å²) in [5, 5.41) is 11.4. The van der Waals surface area contributed by atoms with E-state index >= 15 is 0 Å². The predicted octanol–water partition coefficient (Wildman–Crippen LogP) is 4.31. The summed E-state index contributed by atoms with van der Waals surface area (Å²) in [5.41, 5.74) is 2.51. The minimum Gasteiger partial charge on any atom is -0.339 e. The highest BCUT2D eigenvalue weighted by Crippen LogP contribution is 2.22. The van der Waals surface area contributed by atoms with E-state index in [1.54, 1.807) is 12.1 Å². The van der Waals surface area contributed by atoms with E-state index in [1.165, 1.54) is 18.4 Å². The normalized spacial score (nSPS) is 15.0. The number of aromatic nitrogens is 2. The van der Waals surface area contributed by atoms with Gasteiger partial charge in [-0.3, -0.25) is 4.79 Å². The van der Waals surface area contributed by atoms with Gasteiger partial charge in [0.2, 0.25) is 0 Å². The van der Waals surface area contributed by atoms with Crippen LogP contribution in [-0.4, -0.2) is 34.1 Å². The zero-order valence-electron chi connectivity index (χ0n) is 13.8. The fourth-order valence-corrected chi connectivity index (χ4v) is 3.15. The number of hydrogen-bond acceptors (Lipinski definition) is 4. The van der Waals surface area contributed by atoms with Crippen molar-refractivity contribution in [3.05, 3.63) is 46.1 Å². The van der Waals surface area contributed by atoms with Crippen LogP contribution < -0.4 is 5.32 Å². The fourth-order valence-electron chi connectivity index (χ4n) is 2.77. The smallest absolute Gasteiger partial charge is 0.274 e. The lowest BCUT2D eigenvalue weighted by Gasteiger charge is -2.19. The van der Waals surface area contributed by atoms with Crippen LogP contribution in [0.1, 0.15) is 41.7 Å². The van der Waals surface area contributed by atoms with E-state index in [2.05, 4.69) is 31.4 Å². The molecule has 1 aromatic carbocycles. The Morgan fingerprint density at radius 3 is 2.46 bits per heavy atom. The van der Waals surface area contributed by atoms with Crippen molar-refractivity contribution in [1.82, 2.24) is 15.1 Å². The van der Waals surface area contributed by atoms with Gasteiger partial charge in [0, 0.05) is 23.2 Å². The molecule has 0 atom stereocenters. The van der Waals surface area contributed by atoms with Gasteiger partial charge in [0.05, 0.1) is 0 Å². The molecule has 1 saturated heterocycles. The lowest BCUT2D eigenvalue weighted by molar-refractivity contribution is 0.0754. The highest BCUT2D eigenvalue weighted by molar-refractivity contribution is 9.10. The Hall–Kier alpha value is -1.95. The van der Waals surface area contributed by atoms with Gasteiger partial charge < -0.3 is 10.2 Å². The first-order valence-corrected chi connectivity index (χ1v) is 9.09. The molecule has 1 N–H and O–H groups in total. The third kappa shape index (κ3) is 4.12. The maximum Gasteiger partial charge on any atom is 0.274 e. The molecule has 1 fully saturated rings. The SMILES string of the molecule is Cc1ccc(Nc2ccc(C(=O)N3CCCCCC3)nn2)cc1Br. The number of likely N-dealkylation sites (tertiary alicyclic amines) is 1. The number of hydrogen-bond donors (Lipinski definition) is 1. The minimum atomic E-state index is -0.0194. The maximum atomic E-state index is 12.5. The van der Waals surface area contributed by atoms with Crippen molar-refractivity contribution in [3.63, 3.8) is 0 Å². The third-order valence-corrected chi connectivity index (χ3v) is 5.08. The summed E-state index contributed by atoms with van der Waals surface area (Å²) < 4.78 is 1.04. The molecule has 0 saturated carbocycles. The first-order chi connectivity index (χ1) is 11.6. The molecule has 1 aliphatic heterocycles. The van der Waals surface area contributed by atoms with Crippen molar-refractivity contribution in [1.29, 1.82) is 0 Å². The van der Waals surface area contributed by atoms with Crippen LogP contribution in [0.15, 0.2) is 34.8 Å². The molecule has 0 spiro atoms. The van der Waals surface area contributed by atoms with Crippen molar-refractivity contribution in [2.45, 2.75) is 32.6 Å². The quantitative estimate of drug-likeness (QED) is 0.850. The molecular weight excluding hydrogens is 368 g/mol. The van der Waals surface area contributed by atoms with Gasteiger partial charge in [-0.25, -0.2) is 0 Å². The molecule has 126 valence electrons. The number of aryl methyl sites for hydroxylation is 1. The number of amides is 1. The molecule has 3 rings (SSSR count). The van der Waals surface area contributed by atoms with Crippen LogP contribution in [0.4, 0.5) is 11.5 Å². The average molecular weight is 389 g/mol. The van der Waals surface area contributed by atoms with Gasteiger partial charge >= 0.3 is 0 Å². The lowest BCUT2D eigenvalue weighted by atomic mass is 10.2. The Balaban J connectivity index is 1.68. The Bertz CT molecular complexity index is 709. The van der Waals surface area contributed by atoms with Gasteiger partial charge in [0.1, 0.15) is 0 Å². The first-order valence-electron chi connectivity index (χ1n) is 8.30. The van der Waals surface area contributed by atoms with Crippen LogP contribution in [-0.2, 0) is 0 Å². The van der Waals surface area contributed by atoms with Crippen LogP contribution in [0.5, 0.6) is 0 Å². The number of anilines is 2. The standard InChI is InChI=1S/C18H21BrN4O/c1-13-6-7-14(12-15(13)19)20-17-9-8-16(21-22-17)18(24)23-10-4-2-3-5-11-23/h6-9,12H,2-5,10-11H2,1H3,(H,20,22). The highest BCUT2D eigenvalue weighted by atomic mass is 79.9. The van der Waals surface area contributed by atoms with E-state index < -0.39 is 0 Å². The van der Waals surface area contributed by atoms with Crippen LogP contribution in [0.3, 0.4) is 0 Å². The average Bonchev–Trinajstić information content (AvgIpc) is 2.88. The van der Waals surface area contributed by atoms with E-state index in [9.17, 15) is 4.79 Å². The van der Waals surface area contributed by atoms with Gasteiger partial charge in [-0.15, -0.1) is 10.2 Å². The van der Waals surface area contributed by atoms with E-state index in [0.717, 1.165) is 36.1 Å². The summed E-state index contributed by atoms with van der Waals surface area (Å²) in [4.78, 5) is 14.4. The molecule has 0 radical (unpaired) electrons. The van der Waals surface area contributed by atoms with E-state index in [-0.39, 0.29) is 5.91 Å². The van der Waals surface area contributed by atoms with E-state index in [0.29, 0.717) is 11.5 Å². The number of rotatable bonds is 3. The van der Waals surface area contributed by atoms with Crippen molar-refractivity contribution in [2.24, 2.45) is 0 Å². The van der Waals surface area contributed by atoms with Crippen LogP contribution in [0, 0.1) is 6.92 Å². The number of carbonyl (C=O) groups is 1. The molecule has 0 aliphatic carbocycles. The highest BCUT2D eigenvalue weighted by Gasteiger charge is 2.18. The van der Waals surface area contributed by atoms with E-state index in [4.69, 9.17) is 0 Å². The van der Waals surface area contributed by atoms with Gasteiger partial charge in [-0.2, -0.15) is 0 Å². The molecule has 2 aromatic rings. The van der Waals surface area contributed by atoms with Crippen molar-refractivity contribution < 1.29 is 4.79 Å². The van der Waals surface area contributed by atoms with Crippen LogP contribution in [0.2, 0.25) is 0 Å². The molecule has 1 aromatic heterocycles. The minimum absolute atomic E-state index is 0.0194. The second-order valence-electron chi connectivity index (χ2n) is 6.10. The van der Waals surface area contributed by atoms with E-state index in [1.807, 2.05) is 30.0 Å². The largest absolute Gasteiger partial charge is 0.339 e. The molecule has 5 nitrogen and oxygen atoms in total. The first kappa shape index (κ1) is 16.9. The number of nitrogens with zero attached hydrogens (tertiary/aromatic N) is 3. The summed E-state index contributed by atoms with van der Waals surface area (Å²) in [6, 6.07) is 9.54. The summed E-state index contributed by atoms with van der Waals surface area (Å²) in [7, 11) is 0. The summed E-state index contributed by atoms with van der Waals surface area (Å²) >= 11 is 3.51. The zero-order valence-corrected chi connectivity index (χ0v) is 15.3. The number of benzene rings is 1. The number of halogens is 1. The lowest BCUT2D eigenvalue weighted by Crippen LogP contribution is -2.32. The summed E-state index contributed by atoms with van der Waals surface area (Å²) in [6.07, 6.45) is 4.54. The Morgan fingerprint density at radius 1 is 1.08 bits per heavy atom. The van der Waals surface area contributed by atoms with Gasteiger partial charge in [0.25, 0.3) is 5.91 Å². The van der Waals surface area contributed by atoms with Crippen molar-refractivity contribution in [2.75, 3.05) is 18.4 Å². The van der Waals surface area contributed by atoms with Crippen molar-refractivity contribution >= 4 is 33.3 Å². The second-order valence-corrected chi connectivity index (χ2v) is 6.95. The molecule has 24 heavy (non-hydrogen) atoms. The molecule has 0 bridgehead atoms. The third-order valence-electron chi connectivity index (χ3n) is 4.22. The second kappa shape index (κ2) is 7.75. The number of nitrogens with one attached hydrogen (secondary N) is 1. The number of carbonyl (C=O) groups excluding carboxylic acids is 1. The molecule has 1 aliphatic rings. The molecule has 1 amide bonds. The Labute approximate surface area is 150 Å². The van der Waals surface area contributed by atoms with Crippen molar-refractivity contribution in [3.8, 4) is 0 Å². The fraction of sp³-hybridized carbons (Fsp3) is 0.389. The predicted molar refractivity (Wildman–Crippen MR) is 98.6 cm³/mol. The summed E-state index contributed by atoms with van der Waals surface area (Å²) in [5.74, 6) is 0.604. The van der Waals surface area contributed by atoms with Gasteiger partial charge in [0.15, 0.2) is 11.5 Å². The van der Waals surface area contributed by atoms with Gasteiger partial charge in [-0.1, -0.05) is 34.8 Å². The molecular formula is C18H21BrN4O. The Kier molecular flexibility index (Phi) is 5.45. The van der Waals surface area contributed by atoms with Crippen LogP contribution in [0.25, 0.3) is 0 Å². The monoisotopic (exact) mass is 388 g/mol. The van der Waals surface area contributed by atoms with Crippen LogP contribution >= 0.6 is 15.9 Å². The van der Waals surface area contributed by atoms with Gasteiger partial charge in [-0.05, 0) is 49.6 Å². The molecule has 2 heterocycles.